The molecule has 0 atom stereocenters. The van der Waals surface area contributed by atoms with Crippen LogP contribution in [0.25, 0.3) is 11.6 Å². The van der Waals surface area contributed by atoms with Crippen LogP contribution >= 0.6 is 0 Å². The van der Waals surface area contributed by atoms with Crippen molar-refractivity contribution in [3.05, 3.63) is 47.3 Å². The van der Waals surface area contributed by atoms with E-state index in [0.717, 1.165) is 5.56 Å². The Morgan fingerprint density at radius 3 is 3.00 bits per heavy atom. The highest BCUT2D eigenvalue weighted by Crippen LogP contribution is 2.36. The molecule has 2 heterocycles. The monoisotopic (exact) mass is 294 g/mol. The molecule has 1 aromatic carbocycles. The van der Waals surface area contributed by atoms with Crippen LogP contribution in [0.2, 0.25) is 0 Å². The minimum absolute atomic E-state index is 0.190. The SMILES string of the molecule is COc1cc[nH]c1/C=C1\C(=O)Nc2cccc(C#CCO)c21. The number of aliphatic hydroxyl groups excluding tert-OH is 1. The number of aromatic nitrogens is 1. The summed E-state index contributed by atoms with van der Waals surface area (Å²) in [6.07, 6.45) is 3.49. The first-order valence-corrected chi connectivity index (χ1v) is 6.72. The van der Waals surface area contributed by atoms with E-state index in [0.29, 0.717) is 28.3 Å². The van der Waals surface area contributed by atoms with E-state index in [1.165, 1.54) is 0 Å². The number of hydrogen-bond acceptors (Lipinski definition) is 3. The summed E-state index contributed by atoms with van der Waals surface area (Å²) in [5.74, 6) is 5.97. The minimum atomic E-state index is -0.228. The maximum absolute atomic E-state index is 12.3. The maximum atomic E-state index is 12.3. The van der Waals surface area contributed by atoms with Gasteiger partial charge >= 0.3 is 0 Å². The zero-order valence-electron chi connectivity index (χ0n) is 11.9. The summed E-state index contributed by atoms with van der Waals surface area (Å²) in [5.41, 5.74) is 3.38. The molecule has 0 bridgehead atoms. The van der Waals surface area contributed by atoms with E-state index in [9.17, 15) is 4.79 Å². The summed E-state index contributed by atoms with van der Waals surface area (Å²) in [5, 5.41) is 11.7. The van der Waals surface area contributed by atoms with Gasteiger partial charge in [0.05, 0.1) is 24.1 Å². The van der Waals surface area contributed by atoms with Crippen LogP contribution in [0.5, 0.6) is 5.75 Å². The van der Waals surface area contributed by atoms with Crippen LogP contribution in [-0.4, -0.2) is 29.7 Å². The normalized spacial score (nSPS) is 14.3. The summed E-state index contributed by atoms with van der Waals surface area (Å²) in [6, 6.07) is 7.25. The van der Waals surface area contributed by atoms with E-state index in [2.05, 4.69) is 22.1 Å². The molecule has 0 radical (unpaired) electrons. The highest BCUT2D eigenvalue weighted by Gasteiger charge is 2.26. The molecule has 0 saturated carbocycles. The molecule has 1 aliphatic heterocycles. The van der Waals surface area contributed by atoms with Gasteiger partial charge in [-0.25, -0.2) is 0 Å². The molecular weight excluding hydrogens is 280 g/mol. The van der Waals surface area contributed by atoms with Crippen molar-refractivity contribution in [1.82, 2.24) is 4.98 Å². The number of aromatic amines is 1. The Morgan fingerprint density at radius 1 is 1.36 bits per heavy atom. The molecule has 110 valence electrons. The number of nitrogens with one attached hydrogen (secondary N) is 2. The van der Waals surface area contributed by atoms with Gasteiger partial charge in [-0.15, -0.1) is 0 Å². The van der Waals surface area contributed by atoms with Gasteiger partial charge in [0.25, 0.3) is 5.91 Å². The molecule has 0 spiro atoms. The Hall–Kier alpha value is -2.97. The second-order valence-corrected chi connectivity index (χ2v) is 4.66. The van der Waals surface area contributed by atoms with Gasteiger partial charge in [-0.1, -0.05) is 17.9 Å². The number of methoxy groups -OCH3 is 1. The molecule has 0 saturated heterocycles. The van der Waals surface area contributed by atoms with E-state index < -0.39 is 0 Å². The fraction of sp³-hybridized carbons (Fsp3) is 0.118. The van der Waals surface area contributed by atoms with Gasteiger partial charge in [-0.2, -0.15) is 0 Å². The molecule has 0 unspecified atom stereocenters. The van der Waals surface area contributed by atoms with Crippen molar-refractivity contribution in [1.29, 1.82) is 0 Å². The van der Waals surface area contributed by atoms with Gasteiger partial charge in [0.2, 0.25) is 0 Å². The Balaban J connectivity index is 2.15. The zero-order chi connectivity index (χ0) is 15.5. The molecule has 5 heteroatoms. The number of ether oxygens (including phenoxy) is 1. The number of amides is 1. The minimum Gasteiger partial charge on any atom is -0.495 e. The third-order valence-electron chi connectivity index (χ3n) is 3.38. The third-order valence-corrected chi connectivity index (χ3v) is 3.38. The predicted octanol–water partition coefficient (Wildman–Crippen LogP) is 1.86. The second kappa shape index (κ2) is 5.80. The molecule has 22 heavy (non-hydrogen) atoms. The van der Waals surface area contributed by atoms with Crippen molar-refractivity contribution in [3.63, 3.8) is 0 Å². The van der Waals surface area contributed by atoms with Crippen molar-refractivity contribution in [3.8, 4) is 17.6 Å². The van der Waals surface area contributed by atoms with E-state index >= 15 is 0 Å². The molecule has 3 N–H and O–H groups in total. The molecule has 3 rings (SSSR count). The second-order valence-electron chi connectivity index (χ2n) is 4.66. The molecule has 0 fully saturated rings. The van der Waals surface area contributed by atoms with Crippen LogP contribution in [0, 0.1) is 11.8 Å². The fourth-order valence-electron chi connectivity index (χ4n) is 2.43. The number of aliphatic hydroxyl groups is 1. The predicted molar refractivity (Wildman–Crippen MR) is 84.3 cm³/mol. The van der Waals surface area contributed by atoms with E-state index in [1.54, 1.807) is 25.4 Å². The Bertz CT molecular complexity index is 822. The van der Waals surface area contributed by atoms with E-state index in [-0.39, 0.29) is 12.5 Å². The molecule has 2 aromatic rings. The summed E-state index contributed by atoms with van der Waals surface area (Å²) in [7, 11) is 1.58. The molecule has 0 aliphatic carbocycles. The highest BCUT2D eigenvalue weighted by molar-refractivity contribution is 6.35. The van der Waals surface area contributed by atoms with Gasteiger partial charge in [-0.05, 0) is 24.3 Å². The smallest absolute Gasteiger partial charge is 0.256 e. The van der Waals surface area contributed by atoms with Crippen LogP contribution in [0.3, 0.4) is 0 Å². The van der Waals surface area contributed by atoms with Crippen molar-refractivity contribution in [2.45, 2.75) is 0 Å². The number of anilines is 1. The number of fused-ring (bicyclic) bond motifs is 1. The first kappa shape index (κ1) is 14.0. The molecule has 1 aromatic heterocycles. The summed E-state index contributed by atoms with van der Waals surface area (Å²) in [4.78, 5) is 15.3. The lowest BCUT2D eigenvalue weighted by molar-refractivity contribution is -0.110. The quantitative estimate of drug-likeness (QED) is 0.584. The topological polar surface area (TPSA) is 74.4 Å². The zero-order valence-corrected chi connectivity index (χ0v) is 11.9. The number of rotatable bonds is 2. The highest BCUT2D eigenvalue weighted by atomic mass is 16.5. The number of benzene rings is 1. The van der Waals surface area contributed by atoms with E-state index in [1.807, 2.05) is 18.2 Å². The van der Waals surface area contributed by atoms with Crippen LogP contribution in [0.1, 0.15) is 16.8 Å². The lowest BCUT2D eigenvalue weighted by Gasteiger charge is -2.03. The van der Waals surface area contributed by atoms with Crippen LogP contribution in [0.15, 0.2) is 30.5 Å². The Morgan fingerprint density at radius 2 is 2.23 bits per heavy atom. The van der Waals surface area contributed by atoms with Crippen LogP contribution < -0.4 is 10.1 Å². The number of carbonyl (C=O) groups is 1. The van der Waals surface area contributed by atoms with Crippen molar-refractivity contribution in [2.75, 3.05) is 19.0 Å². The standard InChI is InChI=1S/C17H14N2O3/c1-22-15-7-8-18-14(15)10-12-16-11(5-3-9-20)4-2-6-13(16)19-17(12)21/h2,4,6-8,10,18,20H,9H2,1H3,(H,19,21)/b12-10-. The van der Waals surface area contributed by atoms with Gasteiger partial charge in [0.15, 0.2) is 0 Å². The molecule has 1 aliphatic rings. The third kappa shape index (κ3) is 2.36. The lowest BCUT2D eigenvalue weighted by Crippen LogP contribution is -2.03. The Kier molecular flexibility index (Phi) is 3.69. The average molecular weight is 294 g/mol. The average Bonchev–Trinajstić information content (AvgIpc) is 3.10. The van der Waals surface area contributed by atoms with Crippen molar-refractivity contribution in [2.24, 2.45) is 0 Å². The summed E-state index contributed by atoms with van der Waals surface area (Å²) >= 11 is 0. The van der Waals surface area contributed by atoms with Gasteiger partial charge in [0.1, 0.15) is 12.4 Å². The first-order chi connectivity index (χ1) is 10.7. The molecular formula is C17H14N2O3. The number of hydrogen-bond donors (Lipinski definition) is 3. The fourth-order valence-corrected chi connectivity index (χ4v) is 2.43. The van der Waals surface area contributed by atoms with Gasteiger partial charge < -0.3 is 20.1 Å². The largest absolute Gasteiger partial charge is 0.495 e. The van der Waals surface area contributed by atoms with Crippen molar-refractivity contribution >= 4 is 23.2 Å². The lowest BCUT2D eigenvalue weighted by atomic mass is 10.00. The summed E-state index contributed by atoms with van der Waals surface area (Å²) < 4.78 is 5.25. The van der Waals surface area contributed by atoms with Crippen molar-refractivity contribution < 1.29 is 14.6 Å². The van der Waals surface area contributed by atoms with E-state index in [4.69, 9.17) is 9.84 Å². The van der Waals surface area contributed by atoms with Crippen LogP contribution in [0.4, 0.5) is 5.69 Å². The molecule has 5 nitrogen and oxygen atoms in total. The van der Waals surface area contributed by atoms with Gasteiger partial charge in [-0.3, -0.25) is 4.79 Å². The number of carbonyl (C=O) groups excluding carboxylic acids is 1. The van der Waals surface area contributed by atoms with Gasteiger partial charge in [0, 0.05) is 17.3 Å². The Labute approximate surface area is 127 Å². The first-order valence-electron chi connectivity index (χ1n) is 6.72. The van der Waals surface area contributed by atoms with Crippen LogP contribution in [-0.2, 0) is 4.79 Å². The number of H-pyrrole nitrogens is 1. The molecule has 1 amide bonds. The summed E-state index contributed by atoms with van der Waals surface area (Å²) in [6.45, 7) is -0.228. The maximum Gasteiger partial charge on any atom is 0.256 e.